The lowest BCUT2D eigenvalue weighted by Crippen LogP contribution is -2.21. The molecule has 0 radical (unpaired) electrons. The van der Waals surface area contributed by atoms with E-state index in [9.17, 15) is 4.79 Å². The van der Waals surface area contributed by atoms with Crippen LogP contribution in [0.4, 0.5) is 0 Å². The van der Waals surface area contributed by atoms with Crippen molar-refractivity contribution >= 4 is 27.5 Å². The number of methoxy groups -OCH3 is 2. The van der Waals surface area contributed by atoms with Crippen molar-refractivity contribution < 1.29 is 14.3 Å². The Labute approximate surface area is 172 Å². The molecule has 0 saturated heterocycles. The van der Waals surface area contributed by atoms with Crippen molar-refractivity contribution in [2.45, 2.75) is 6.54 Å². The molecule has 0 fully saturated rings. The molecule has 0 unspecified atom stereocenters. The normalized spacial score (nSPS) is 10.9. The quantitative estimate of drug-likeness (QED) is 0.519. The second-order valence-electron chi connectivity index (χ2n) is 6.57. The van der Waals surface area contributed by atoms with E-state index in [1.165, 1.54) is 11.3 Å². The van der Waals surface area contributed by atoms with Gasteiger partial charge in [-0.3, -0.25) is 9.48 Å². The lowest BCUT2D eigenvalue weighted by Gasteiger charge is -2.06. The standard InChI is InChI=1S/C22H21N3O3S/c1-25-22-18(20(24-25)15-7-5-9-17(11-15)28-3)12-19(29-22)21(26)23-13-14-6-4-8-16(10-14)27-2/h4-12H,13H2,1-3H3,(H,23,26). The molecule has 1 N–H and O–H groups in total. The van der Waals surface area contributed by atoms with Gasteiger partial charge >= 0.3 is 0 Å². The number of carbonyl (C=O) groups excluding carboxylic acids is 1. The highest BCUT2D eigenvalue weighted by Crippen LogP contribution is 2.34. The van der Waals surface area contributed by atoms with Crippen LogP contribution >= 0.6 is 11.3 Å². The SMILES string of the molecule is COc1cccc(CNC(=O)c2cc3c(-c4cccc(OC)c4)nn(C)c3s2)c1. The van der Waals surface area contributed by atoms with Gasteiger partial charge in [0.25, 0.3) is 5.91 Å². The lowest BCUT2D eigenvalue weighted by atomic mass is 10.1. The van der Waals surface area contributed by atoms with Gasteiger partial charge in [-0.15, -0.1) is 11.3 Å². The average molecular weight is 407 g/mol. The monoisotopic (exact) mass is 407 g/mol. The van der Waals surface area contributed by atoms with Gasteiger partial charge in [-0.25, -0.2) is 0 Å². The zero-order valence-electron chi connectivity index (χ0n) is 16.4. The van der Waals surface area contributed by atoms with E-state index in [-0.39, 0.29) is 5.91 Å². The van der Waals surface area contributed by atoms with Gasteiger partial charge in [0.15, 0.2) is 0 Å². The number of aryl methyl sites for hydroxylation is 1. The Bertz CT molecular complexity index is 1180. The van der Waals surface area contributed by atoms with Crippen molar-refractivity contribution in [1.82, 2.24) is 15.1 Å². The fourth-order valence-electron chi connectivity index (χ4n) is 3.19. The highest BCUT2D eigenvalue weighted by atomic mass is 32.1. The van der Waals surface area contributed by atoms with Crippen molar-refractivity contribution in [2.24, 2.45) is 7.05 Å². The fraction of sp³-hybridized carbons (Fsp3) is 0.182. The van der Waals surface area contributed by atoms with Crippen LogP contribution in [0.3, 0.4) is 0 Å². The van der Waals surface area contributed by atoms with E-state index < -0.39 is 0 Å². The van der Waals surface area contributed by atoms with Crippen molar-refractivity contribution in [3.63, 3.8) is 0 Å². The maximum absolute atomic E-state index is 12.7. The molecule has 4 rings (SSSR count). The fourth-order valence-corrected chi connectivity index (χ4v) is 4.18. The van der Waals surface area contributed by atoms with Crippen LogP contribution in [0.25, 0.3) is 21.5 Å². The summed E-state index contributed by atoms with van der Waals surface area (Å²) in [6, 6.07) is 17.3. The number of nitrogens with one attached hydrogen (secondary N) is 1. The zero-order chi connectivity index (χ0) is 20.4. The van der Waals surface area contributed by atoms with Crippen molar-refractivity contribution in [2.75, 3.05) is 14.2 Å². The number of amides is 1. The number of thiophene rings is 1. The van der Waals surface area contributed by atoms with Gasteiger partial charge in [0.05, 0.1) is 19.1 Å². The molecular formula is C22H21N3O3S. The van der Waals surface area contributed by atoms with Gasteiger partial charge in [0.2, 0.25) is 0 Å². The van der Waals surface area contributed by atoms with Crippen LogP contribution < -0.4 is 14.8 Å². The van der Waals surface area contributed by atoms with Gasteiger partial charge in [-0.05, 0) is 35.9 Å². The highest BCUT2D eigenvalue weighted by Gasteiger charge is 2.18. The number of rotatable bonds is 6. The summed E-state index contributed by atoms with van der Waals surface area (Å²) >= 11 is 1.43. The number of ether oxygens (including phenoxy) is 2. The maximum atomic E-state index is 12.7. The number of carbonyl (C=O) groups is 1. The van der Waals surface area contributed by atoms with Crippen molar-refractivity contribution in [1.29, 1.82) is 0 Å². The highest BCUT2D eigenvalue weighted by molar-refractivity contribution is 7.20. The molecule has 1 amide bonds. The second-order valence-corrected chi connectivity index (χ2v) is 7.60. The van der Waals surface area contributed by atoms with Crippen molar-refractivity contribution in [3.05, 3.63) is 65.0 Å². The van der Waals surface area contributed by atoms with Crippen LogP contribution in [-0.4, -0.2) is 29.9 Å². The number of hydrogen-bond donors (Lipinski definition) is 1. The number of fused-ring (bicyclic) bond motifs is 1. The van der Waals surface area contributed by atoms with Crippen LogP contribution in [0.15, 0.2) is 54.6 Å². The number of nitrogens with zero attached hydrogens (tertiary/aromatic N) is 2. The Morgan fingerprint density at radius 2 is 1.79 bits per heavy atom. The average Bonchev–Trinajstić information content (AvgIpc) is 3.33. The molecule has 2 aromatic heterocycles. The van der Waals surface area contributed by atoms with E-state index in [1.54, 1.807) is 14.2 Å². The third-order valence-electron chi connectivity index (χ3n) is 4.67. The van der Waals surface area contributed by atoms with Crippen LogP contribution in [0.5, 0.6) is 11.5 Å². The number of benzene rings is 2. The molecule has 6 nitrogen and oxygen atoms in total. The van der Waals surface area contributed by atoms with Gasteiger partial charge in [0, 0.05) is 24.5 Å². The van der Waals surface area contributed by atoms with E-state index >= 15 is 0 Å². The predicted octanol–water partition coefficient (Wildman–Crippen LogP) is 4.25. The third kappa shape index (κ3) is 3.82. The van der Waals surface area contributed by atoms with Crippen LogP contribution in [-0.2, 0) is 13.6 Å². The number of aromatic nitrogens is 2. The zero-order valence-corrected chi connectivity index (χ0v) is 17.2. The summed E-state index contributed by atoms with van der Waals surface area (Å²) in [4.78, 5) is 14.3. The molecule has 29 heavy (non-hydrogen) atoms. The topological polar surface area (TPSA) is 65.4 Å². The minimum absolute atomic E-state index is 0.106. The predicted molar refractivity (Wildman–Crippen MR) is 115 cm³/mol. The Hall–Kier alpha value is -3.32. The molecule has 2 aromatic carbocycles. The molecule has 7 heteroatoms. The summed E-state index contributed by atoms with van der Waals surface area (Å²) in [7, 11) is 5.16. The first kappa shape index (κ1) is 19.0. The van der Waals surface area contributed by atoms with E-state index in [2.05, 4.69) is 10.4 Å². The first-order valence-electron chi connectivity index (χ1n) is 9.11. The Morgan fingerprint density at radius 3 is 2.55 bits per heavy atom. The molecule has 0 spiro atoms. The Morgan fingerprint density at radius 1 is 1.07 bits per heavy atom. The second kappa shape index (κ2) is 7.97. The van der Waals surface area contributed by atoms with Crippen molar-refractivity contribution in [3.8, 4) is 22.8 Å². The van der Waals surface area contributed by atoms with Gasteiger partial charge in [-0.2, -0.15) is 5.10 Å². The van der Waals surface area contributed by atoms with E-state index in [4.69, 9.17) is 9.47 Å². The molecule has 0 saturated carbocycles. The third-order valence-corrected chi connectivity index (χ3v) is 5.87. The van der Waals surface area contributed by atoms with Crippen LogP contribution in [0.2, 0.25) is 0 Å². The Kier molecular flexibility index (Phi) is 5.22. The van der Waals surface area contributed by atoms with E-state index in [0.717, 1.165) is 38.5 Å². The first-order valence-corrected chi connectivity index (χ1v) is 9.93. The minimum atomic E-state index is -0.106. The molecule has 148 valence electrons. The largest absolute Gasteiger partial charge is 0.497 e. The summed E-state index contributed by atoms with van der Waals surface area (Å²) in [5.41, 5.74) is 2.78. The summed E-state index contributed by atoms with van der Waals surface area (Å²) in [5.74, 6) is 1.44. The van der Waals surface area contributed by atoms with Crippen LogP contribution in [0, 0.1) is 0 Å². The summed E-state index contributed by atoms with van der Waals surface area (Å²) < 4.78 is 12.4. The van der Waals surface area contributed by atoms with E-state index in [1.807, 2.05) is 66.3 Å². The molecule has 4 aromatic rings. The van der Waals surface area contributed by atoms with Gasteiger partial charge < -0.3 is 14.8 Å². The minimum Gasteiger partial charge on any atom is -0.497 e. The molecule has 0 aliphatic heterocycles. The molecule has 0 aliphatic rings. The van der Waals surface area contributed by atoms with Crippen LogP contribution in [0.1, 0.15) is 15.2 Å². The van der Waals surface area contributed by atoms with E-state index in [0.29, 0.717) is 11.4 Å². The van der Waals surface area contributed by atoms with Gasteiger partial charge in [-0.1, -0.05) is 24.3 Å². The number of hydrogen-bond acceptors (Lipinski definition) is 5. The first-order chi connectivity index (χ1) is 14.1. The maximum Gasteiger partial charge on any atom is 0.261 e. The smallest absolute Gasteiger partial charge is 0.261 e. The Balaban J connectivity index is 1.59. The summed E-state index contributed by atoms with van der Waals surface area (Å²) in [6.07, 6.45) is 0. The summed E-state index contributed by atoms with van der Waals surface area (Å²) in [6.45, 7) is 0.436. The molecule has 0 aliphatic carbocycles. The molecule has 0 bridgehead atoms. The van der Waals surface area contributed by atoms with Gasteiger partial charge in [0.1, 0.15) is 22.0 Å². The lowest BCUT2D eigenvalue weighted by molar-refractivity contribution is 0.0955. The summed E-state index contributed by atoms with van der Waals surface area (Å²) in [5, 5.41) is 8.57. The molecular weight excluding hydrogens is 386 g/mol. The molecule has 0 atom stereocenters. The molecule has 2 heterocycles.